The molecule has 0 bridgehead atoms. The molecule has 0 saturated carbocycles. The maximum absolute atomic E-state index is 6.16. The summed E-state index contributed by atoms with van der Waals surface area (Å²) in [6.07, 6.45) is -0.300. The predicted molar refractivity (Wildman–Crippen MR) is 83.0 cm³/mol. The Morgan fingerprint density at radius 3 is 2.53 bits per heavy atom. The molecule has 2 nitrogen and oxygen atoms in total. The maximum atomic E-state index is 6.16. The largest absolute Gasteiger partial charge is 0.483 e. The normalized spacial score (nSPS) is 12.2. The van der Waals surface area contributed by atoms with Gasteiger partial charge in [0.15, 0.2) is 0 Å². The standard InChI is InChI=1S/C14H12BrCl2NO/c15-11-7-9(16)5-6-13(11)19-14(8-18)10-3-1-2-4-12(10)17/h1-7,14H,8,18H2. The first-order chi connectivity index (χ1) is 9.11. The van der Waals surface area contributed by atoms with E-state index >= 15 is 0 Å². The van der Waals surface area contributed by atoms with Gasteiger partial charge in [0.25, 0.3) is 0 Å². The molecule has 0 aliphatic heterocycles. The molecule has 100 valence electrons. The van der Waals surface area contributed by atoms with E-state index in [1.165, 1.54) is 0 Å². The van der Waals surface area contributed by atoms with E-state index in [0.29, 0.717) is 22.3 Å². The number of hydrogen-bond acceptors (Lipinski definition) is 2. The molecular formula is C14H12BrCl2NO. The van der Waals surface area contributed by atoms with Crippen molar-refractivity contribution in [3.8, 4) is 5.75 Å². The van der Waals surface area contributed by atoms with Gasteiger partial charge in [-0.25, -0.2) is 0 Å². The van der Waals surface area contributed by atoms with Gasteiger partial charge in [0, 0.05) is 22.2 Å². The summed E-state index contributed by atoms with van der Waals surface area (Å²) in [5.41, 5.74) is 6.65. The van der Waals surface area contributed by atoms with Crippen molar-refractivity contribution in [2.75, 3.05) is 6.54 Å². The minimum absolute atomic E-state index is 0.300. The van der Waals surface area contributed by atoms with Gasteiger partial charge in [0.2, 0.25) is 0 Å². The molecule has 1 unspecified atom stereocenters. The first-order valence-electron chi connectivity index (χ1n) is 5.68. The molecule has 0 aromatic heterocycles. The molecule has 2 aromatic rings. The SMILES string of the molecule is NCC(Oc1ccc(Cl)cc1Br)c1ccccc1Cl. The lowest BCUT2D eigenvalue weighted by Gasteiger charge is -2.19. The fraction of sp³-hybridized carbons (Fsp3) is 0.143. The van der Waals surface area contributed by atoms with Gasteiger partial charge < -0.3 is 10.5 Å². The number of benzene rings is 2. The molecule has 0 heterocycles. The molecule has 0 radical (unpaired) electrons. The van der Waals surface area contributed by atoms with Crippen LogP contribution in [0, 0.1) is 0 Å². The van der Waals surface area contributed by atoms with Crippen molar-refractivity contribution >= 4 is 39.1 Å². The quantitative estimate of drug-likeness (QED) is 0.846. The lowest BCUT2D eigenvalue weighted by molar-refractivity contribution is 0.213. The van der Waals surface area contributed by atoms with Gasteiger partial charge in [-0.3, -0.25) is 0 Å². The van der Waals surface area contributed by atoms with Gasteiger partial charge >= 0.3 is 0 Å². The zero-order chi connectivity index (χ0) is 13.8. The van der Waals surface area contributed by atoms with Crippen molar-refractivity contribution in [2.24, 2.45) is 5.73 Å². The van der Waals surface area contributed by atoms with Crippen LogP contribution < -0.4 is 10.5 Å². The molecule has 5 heteroatoms. The first kappa shape index (κ1) is 14.7. The number of hydrogen-bond donors (Lipinski definition) is 1. The molecule has 0 amide bonds. The van der Waals surface area contributed by atoms with Crippen LogP contribution in [0.1, 0.15) is 11.7 Å². The van der Waals surface area contributed by atoms with E-state index < -0.39 is 0 Å². The second kappa shape index (κ2) is 6.62. The molecule has 2 rings (SSSR count). The van der Waals surface area contributed by atoms with Gasteiger partial charge in [-0.15, -0.1) is 0 Å². The molecule has 1 atom stereocenters. The molecule has 0 fully saturated rings. The third kappa shape index (κ3) is 3.63. The smallest absolute Gasteiger partial charge is 0.137 e. The summed E-state index contributed by atoms with van der Waals surface area (Å²) in [6.45, 7) is 0.332. The summed E-state index contributed by atoms with van der Waals surface area (Å²) in [5.74, 6) is 0.680. The Bertz CT molecular complexity index is 577. The molecule has 0 aliphatic carbocycles. The van der Waals surface area contributed by atoms with E-state index in [4.69, 9.17) is 33.7 Å². The monoisotopic (exact) mass is 359 g/mol. The molecule has 2 aromatic carbocycles. The molecule has 2 N–H and O–H groups in total. The van der Waals surface area contributed by atoms with E-state index in [-0.39, 0.29) is 6.10 Å². The fourth-order valence-corrected chi connectivity index (χ4v) is 2.73. The van der Waals surface area contributed by atoms with Crippen molar-refractivity contribution < 1.29 is 4.74 Å². The van der Waals surface area contributed by atoms with E-state index in [1.807, 2.05) is 24.3 Å². The Labute approximate surface area is 130 Å². The molecular weight excluding hydrogens is 349 g/mol. The van der Waals surface area contributed by atoms with E-state index in [1.54, 1.807) is 18.2 Å². The second-order valence-corrected chi connectivity index (χ2v) is 5.64. The lowest BCUT2D eigenvalue weighted by Crippen LogP contribution is -2.19. The summed E-state index contributed by atoms with van der Waals surface area (Å²) in [6, 6.07) is 12.8. The van der Waals surface area contributed by atoms with Crippen LogP contribution in [-0.4, -0.2) is 6.54 Å². The minimum atomic E-state index is -0.300. The topological polar surface area (TPSA) is 35.2 Å². The van der Waals surface area contributed by atoms with Crippen LogP contribution in [0.3, 0.4) is 0 Å². The highest BCUT2D eigenvalue weighted by Gasteiger charge is 2.16. The van der Waals surface area contributed by atoms with E-state index in [9.17, 15) is 0 Å². The van der Waals surface area contributed by atoms with E-state index in [0.717, 1.165) is 10.0 Å². The van der Waals surface area contributed by atoms with Crippen LogP contribution in [0.5, 0.6) is 5.75 Å². The zero-order valence-corrected chi connectivity index (χ0v) is 13.0. The third-order valence-electron chi connectivity index (χ3n) is 2.63. The lowest BCUT2D eigenvalue weighted by atomic mass is 10.1. The number of halogens is 3. The molecule has 0 saturated heterocycles. The Kier molecular flexibility index (Phi) is 5.11. The third-order valence-corrected chi connectivity index (χ3v) is 3.83. The maximum Gasteiger partial charge on any atom is 0.137 e. The molecule has 0 aliphatic rings. The van der Waals surface area contributed by atoms with Crippen molar-refractivity contribution in [1.29, 1.82) is 0 Å². The first-order valence-corrected chi connectivity index (χ1v) is 7.23. The Morgan fingerprint density at radius 1 is 1.16 bits per heavy atom. The average molecular weight is 361 g/mol. The van der Waals surface area contributed by atoms with Crippen LogP contribution in [-0.2, 0) is 0 Å². The van der Waals surface area contributed by atoms with Crippen LogP contribution in [0.2, 0.25) is 10.0 Å². The molecule has 0 spiro atoms. The number of nitrogens with two attached hydrogens (primary N) is 1. The molecule has 19 heavy (non-hydrogen) atoms. The summed E-state index contributed by atoms with van der Waals surface area (Å²) < 4.78 is 6.68. The highest BCUT2D eigenvalue weighted by atomic mass is 79.9. The summed E-state index contributed by atoms with van der Waals surface area (Å²) in [5, 5.41) is 1.28. The number of ether oxygens (including phenoxy) is 1. The fourth-order valence-electron chi connectivity index (χ4n) is 1.70. The summed E-state index contributed by atoms with van der Waals surface area (Å²) >= 11 is 15.5. The Hall–Kier alpha value is -0.740. The highest BCUT2D eigenvalue weighted by molar-refractivity contribution is 9.10. The average Bonchev–Trinajstić information content (AvgIpc) is 2.39. The minimum Gasteiger partial charge on any atom is -0.483 e. The van der Waals surface area contributed by atoms with Crippen molar-refractivity contribution in [3.05, 3.63) is 62.5 Å². The number of rotatable bonds is 4. The van der Waals surface area contributed by atoms with Crippen LogP contribution >= 0.6 is 39.1 Å². The second-order valence-electron chi connectivity index (χ2n) is 3.94. The summed E-state index contributed by atoms with van der Waals surface area (Å²) in [4.78, 5) is 0. The van der Waals surface area contributed by atoms with Gasteiger partial charge in [-0.05, 0) is 40.2 Å². The van der Waals surface area contributed by atoms with Crippen molar-refractivity contribution in [3.63, 3.8) is 0 Å². The van der Waals surface area contributed by atoms with Gasteiger partial charge in [-0.1, -0.05) is 41.4 Å². The summed E-state index contributed by atoms with van der Waals surface area (Å²) in [7, 11) is 0. The van der Waals surface area contributed by atoms with Crippen molar-refractivity contribution in [1.82, 2.24) is 0 Å². The van der Waals surface area contributed by atoms with Gasteiger partial charge in [0.1, 0.15) is 11.9 Å². The zero-order valence-electron chi connectivity index (χ0n) is 9.95. The van der Waals surface area contributed by atoms with E-state index in [2.05, 4.69) is 15.9 Å². The highest BCUT2D eigenvalue weighted by Crippen LogP contribution is 2.33. The predicted octanol–water partition coefficient (Wildman–Crippen LogP) is 4.83. The van der Waals surface area contributed by atoms with Crippen LogP contribution in [0.25, 0.3) is 0 Å². The van der Waals surface area contributed by atoms with Gasteiger partial charge in [0.05, 0.1) is 4.47 Å². The van der Waals surface area contributed by atoms with Crippen molar-refractivity contribution in [2.45, 2.75) is 6.10 Å². The Morgan fingerprint density at radius 2 is 1.89 bits per heavy atom. The van der Waals surface area contributed by atoms with Gasteiger partial charge in [-0.2, -0.15) is 0 Å². The van der Waals surface area contributed by atoms with Crippen LogP contribution in [0.4, 0.5) is 0 Å². The Balaban J connectivity index is 2.27. The van der Waals surface area contributed by atoms with Crippen LogP contribution in [0.15, 0.2) is 46.9 Å².